The first-order valence-electron chi connectivity index (χ1n) is 2.45. The van der Waals surface area contributed by atoms with Crippen molar-refractivity contribution in [1.82, 2.24) is 0 Å². The quantitative estimate of drug-likeness (QED) is 0.533. The molecule has 0 fully saturated rings. The zero-order chi connectivity index (χ0) is 5.91. The van der Waals surface area contributed by atoms with E-state index in [1.165, 1.54) is 0 Å². The van der Waals surface area contributed by atoms with Gasteiger partial charge in [-0.05, 0) is 13.3 Å². The van der Waals surface area contributed by atoms with E-state index in [2.05, 4.69) is 39.1 Å². The van der Waals surface area contributed by atoms with Crippen molar-refractivity contribution < 1.29 is 0 Å². The largest absolute Gasteiger partial charge is 0.178 e. The van der Waals surface area contributed by atoms with Gasteiger partial charge in [0.25, 0.3) is 0 Å². The summed E-state index contributed by atoms with van der Waals surface area (Å²) in [6.45, 7) is 4.20. The van der Waals surface area contributed by atoms with Crippen molar-refractivity contribution in [2.24, 2.45) is 0 Å². The van der Waals surface area contributed by atoms with Crippen LogP contribution in [-0.4, -0.2) is 10.5 Å². The third-order valence-electron chi connectivity index (χ3n) is 1.10. The SMILES string of the molecule is CCC(C)(S)CS. The number of thiol groups is 2. The molecule has 0 aromatic carbocycles. The van der Waals surface area contributed by atoms with Gasteiger partial charge >= 0.3 is 0 Å². The van der Waals surface area contributed by atoms with Crippen LogP contribution in [0.1, 0.15) is 20.3 Å². The van der Waals surface area contributed by atoms with E-state index in [0.717, 1.165) is 12.2 Å². The van der Waals surface area contributed by atoms with Crippen LogP contribution in [0.5, 0.6) is 0 Å². The van der Waals surface area contributed by atoms with Crippen LogP contribution in [0.25, 0.3) is 0 Å². The van der Waals surface area contributed by atoms with Crippen LogP contribution < -0.4 is 0 Å². The molecule has 0 aromatic heterocycles. The Hall–Kier alpha value is 0.700. The second-order valence-corrected chi connectivity index (χ2v) is 3.40. The maximum Gasteiger partial charge on any atom is 0.0187 e. The van der Waals surface area contributed by atoms with Gasteiger partial charge in [0.1, 0.15) is 0 Å². The van der Waals surface area contributed by atoms with Crippen LogP contribution in [0.15, 0.2) is 0 Å². The van der Waals surface area contributed by atoms with Gasteiger partial charge in [-0.1, -0.05) is 6.92 Å². The number of hydrogen-bond acceptors (Lipinski definition) is 2. The first kappa shape index (κ1) is 7.70. The van der Waals surface area contributed by atoms with E-state index in [9.17, 15) is 0 Å². The minimum absolute atomic E-state index is 0.142. The molecule has 1 atom stereocenters. The molecule has 0 spiro atoms. The van der Waals surface area contributed by atoms with Gasteiger partial charge in [0.2, 0.25) is 0 Å². The molecule has 0 heterocycles. The Bertz CT molecular complexity index is 44.0. The fourth-order valence-corrected chi connectivity index (χ4v) is 0.335. The van der Waals surface area contributed by atoms with Gasteiger partial charge in [-0.2, -0.15) is 25.3 Å². The molecule has 0 rings (SSSR count). The third kappa shape index (κ3) is 3.30. The minimum Gasteiger partial charge on any atom is -0.178 e. The van der Waals surface area contributed by atoms with Gasteiger partial charge in [-0.3, -0.25) is 0 Å². The maximum absolute atomic E-state index is 4.31. The fraction of sp³-hybridized carbons (Fsp3) is 1.00. The number of rotatable bonds is 2. The molecule has 0 nitrogen and oxygen atoms in total. The molecule has 0 aliphatic rings. The second-order valence-electron chi connectivity index (χ2n) is 2.01. The molecule has 0 saturated carbocycles. The minimum atomic E-state index is 0.142. The monoisotopic (exact) mass is 136 g/mol. The van der Waals surface area contributed by atoms with Gasteiger partial charge in [0.05, 0.1) is 0 Å². The summed E-state index contributed by atoms with van der Waals surface area (Å²) in [6.07, 6.45) is 1.08. The van der Waals surface area contributed by atoms with Crippen LogP contribution >= 0.6 is 25.3 Å². The fourth-order valence-electron chi connectivity index (χ4n) is 0.112. The highest BCUT2D eigenvalue weighted by atomic mass is 32.1. The van der Waals surface area contributed by atoms with E-state index in [-0.39, 0.29) is 4.75 Å². The van der Waals surface area contributed by atoms with Crippen molar-refractivity contribution >= 4 is 25.3 Å². The normalized spacial score (nSPS) is 18.9. The Morgan fingerprint density at radius 2 is 2.00 bits per heavy atom. The predicted octanol–water partition coefficient (Wildman–Crippen LogP) is 2.01. The second kappa shape index (κ2) is 2.88. The smallest absolute Gasteiger partial charge is 0.0187 e. The lowest BCUT2D eigenvalue weighted by molar-refractivity contribution is 0.704. The zero-order valence-corrected chi connectivity index (χ0v) is 6.60. The average Bonchev–Trinajstić information content (AvgIpc) is 1.68. The Morgan fingerprint density at radius 3 is 2.00 bits per heavy atom. The summed E-state index contributed by atoms with van der Waals surface area (Å²) in [5.41, 5.74) is 0. The van der Waals surface area contributed by atoms with Crippen LogP contribution in [0.3, 0.4) is 0 Å². The molecular formula is C5H12S2. The van der Waals surface area contributed by atoms with Gasteiger partial charge in [0, 0.05) is 10.5 Å². The highest BCUT2D eigenvalue weighted by molar-refractivity contribution is 7.85. The highest BCUT2D eigenvalue weighted by Crippen LogP contribution is 2.18. The van der Waals surface area contributed by atoms with E-state index in [1.54, 1.807) is 0 Å². The molecule has 0 radical (unpaired) electrons. The predicted molar refractivity (Wildman–Crippen MR) is 41.5 cm³/mol. The average molecular weight is 136 g/mol. The van der Waals surface area contributed by atoms with Crippen LogP contribution in [0, 0.1) is 0 Å². The Kier molecular flexibility index (Phi) is 3.16. The van der Waals surface area contributed by atoms with E-state index in [0.29, 0.717) is 0 Å². The summed E-state index contributed by atoms with van der Waals surface area (Å²) in [7, 11) is 0. The third-order valence-corrected chi connectivity index (χ3v) is 2.52. The summed E-state index contributed by atoms with van der Waals surface area (Å²) in [5, 5.41) is 0. The standard InChI is InChI=1S/C5H12S2/c1-3-5(2,7)4-6/h6-7H,3-4H2,1-2H3. The Balaban J connectivity index is 3.36. The summed E-state index contributed by atoms with van der Waals surface area (Å²) in [5.74, 6) is 0.854. The lowest BCUT2D eigenvalue weighted by Crippen LogP contribution is -2.16. The summed E-state index contributed by atoms with van der Waals surface area (Å²) >= 11 is 8.42. The molecule has 2 heteroatoms. The van der Waals surface area contributed by atoms with Crippen molar-refractivity contribution in [3.05, 3.63) is 0 Å². The maximum atomic E-state index is 4.31. The van der Waals surface area contributed by atoms with E-state index < -0.39 is 0 Å². The topological polar surface area (TPSA) is 0 Å². The van der Waals surface area contributed by atoms with E-state index in [1.807, 2.05) is 0 Å². The lowest BCUT2D eigenvalue weighted by Gasteiger charge is -2.16. The van der Waals surface area contributed by atoms with Gasteiger partial charge in [-0.15, -0.1) is 0 Å². The van der Waals surface area contributed by atoms with E-state index in [4.69, 9.17) is 0 Å². The van der Waals surface area contributed by atoms with Crippen LogP contribution in [0.4, 0.5) is 0 Å². The summed E-state index contributed by atoms with van der Waals surface area (Å²) in [6, 6.07) is 0. The van der Waals surface area contributed by atoms with Crippen molar-refractivity contribution in [3.63, 3.8) is 0 Å². The number of hydrogen-bond donors (Lipinski definition) is 2. The molecule has 0 saturated heterocycles. The molecule has 0 aliphatic heterocycles. The van der Waals surface area contributed by atoms with Crippen LogP contribution in [-0.2, 0) is 0 Å². The van der Waals surface area contributed by atoms with Gasteiger partial charge < -0.3 is 0 Å². The Morgan fingerprint density at radius 1 is 1.57 bits per heavy atom. The van der Waals surface area contributed by atoms with Crippen molar-refractivity contribution in [2.45, 2.75) is 25.0 Å². The first-order valence-corrected chi connectivity index (χ1v) is 3.53. The molecule has 0 aromatic rings. The zero-order valence-electron chi connectivity index (χ0n) is 4.81. The molecule has 0 amide bonds. The molecule has 0 aliphatic carbocycles. The summed E-state index contributed by atoms with van der Waals surface area (Å²) in [4.78, 5) is 0. The van der Waals surface area contributed by atoms with Gasteiger partial charge in [0.15, 0.2) is 0 Å². The van der Waals surface area contributed by atoms with Crippen molar-refractivity contribution in [3.8, 4) is 0 Å². The molecule has 1 unspecified atom stereocenters. The van der Waals surface area contributed by atoms with Crippen molar-refractivity contribution in [2.75, 3.05) is 5.75 Å². The molecule has 0 bridgehead atoms. The van der Waals surface area contributed by atoms with Gasteiger partial charge in [-0.25, -0.2) is 0 Å². The first-order chi connectivity index (χ1) is 3.12. The molecular weight excluding hydrogens is 124 g/mol. The lowest BCUT2D eigenvalue weighted by atomic mass is 10.1. The van der Waals surface area contributed by atoms with Crippen molar-refractivity contribution in [1.29, 1.82) is 0 Å². The molecule has 0 N–H and O–H groups in total. The molecule has 44 valence electrons. The van der Waals surface area contributed by atoms with E-state index >= 15 is 0 Å². The molecule has 7 heavy (non-hydrogen) atoms. The summed E-state index contributed by atoms with van der Waals surface area (Å²) < 4.78 is 0.142. The van der Waals surface area contributed by atoms with Crippen LogP contribution in [0.2, 0.25) is 0 Å². The highest BCUT2D eigenvalue weighted by Gasteiger charge is 2.11. The Labute approximate surface area is 56.5 Å².